The Bertz CT molecular complexity index is 224. The molecule has 78 valence electrons. The van der Waals surface area contributed by atoms with E-state index in [1.807, 2.05) is 0 Å². The Morgan fingerprint density at radius 2 is 2.00 bits per heavy atom. The molecule has 0 saturated heterocycles. The number of rotatable bonds is 4. The van der Waals surface area contributed by atoms with E-state index in [1.165, 1.54) is 38.2 Å². The van der Waals surface area contributed by atoms with Crippen molar-refractivity contribution < 1.29 is 9.53 Å². The number of hydrogen-bond donors (Lipinski definition) is 0. The summed E-state index contributed by atoms with van der Waals surface area (Å²) in [6.45, 7) is 7.57. The smallest absolute Gasteiger partial charge is 0.337 e. The summed E-state index contributed by atoms with van der Waals surface area (Å²) in [5.74, 6) is 0.232. The highest BCUT2D eigenvalue weighted by atomic mass is 16.5. The van der Waals surface area contributed by atoms with Crippen LogP contribution in [0.15, 0.2) is 24.8 Å². The first-order valence-corrected chi connectivity index (χ1v) is 5.22. The van der Waals surface area contributed by atoms with Crippen molar-refractivity contribution in [3.05, 3.63) is 24.8 Å². The molecule has 0 N–H and O–H groups in total. The highest BCUT2D eigenvalue weighted by Crippen LogP contribution is 2.23. The van der Waals surface area contributed by atoms with Gasteiger partial charge in [-0.05, 0) is 18.8 Å². The molecule has 1 aliphatic carbocycles. The van der Waals surface area contributed by atoms with Gasteiger partial charge >= 0.3 is 5.97 Å². The Labute approximate surface area is 85.6 Å². The van der Waals surface area contributed by atoms with Crippen LogP contribution in [-0.4, -0.2) is 12.6 Å². The zero-order valence-corrected chi connectivity index (χ0v) is 8.63. The largest absolute Gasteiger partial charge is 0.462 e. The third-order valence-electron chi connectivity index (χ3n) is 2.68. The number of hydrogen-bond acceptors (Lipinski definition) is 2. The topological polar surface area (TPSA) is 26.3 Å². The SMILES string of the molecule is C=CC(=C)C(=O)OCC1CCCCC1. The van der Waals surface area contributed by atoms with Gasteiger partial charge in [0.1, 0.15) is 0 Å². The van der Waals surface area contributed by atoms with E-state index in [9.17, 15) is 4.79 Å². The van der Waals surface area contributed by atoms with Gasteiger partial charge in [-0.3, -0.25) is 0 Å². The number of esters is 1. The second-order valence-corrected chi connectivity index (χ2v) is 3.83. The van der Waals surface area contributed by atoms with Crippen LogP contribution in [0.4, 0.5) is 0 Å². The summed E-state index contributed by atoms with van der Waals surface area (Å²) in [5.41, 5.74) is 0.348. The number of carbonyl (C=O) groups excluding carboxylic acids is 1. The molecule has 0 heterocycles. The van der Waals surface area contributed by atoms with Crippen LogP contribution in [0.5, 0.6) is 0 Å². The standard InChI is InChI=1S/C12H18O2/c1-3-10(2)12(13)14-9-11-7-5-4-6-8-11/h3,11H,1-2,4-9H2. The maximum Gasteiger partial charge on any atom is 0.337 e. The fourth-order valence-corrected chi connectivity index (χ4v) is 1.72. The van der Waals surface area contributed by atoms with Crippen molar-refractivity contribution in [3.8, 4) is 0 Å². The van der Waals surface area contributed by atoms with Crippen molar-refractivity contribution in [2.75, 3.05) is 6.61 Å². The fourth-order valence-electron chi connectivity index (χ4n) is 1.72. The quantitative estimate of drug-likeness (QED) is 0.391. The second-order valence-electron chi connectivity index (χ2n) is 3.83. The Hall–Kier alpha value is -1.05. The molecule has 1 fully saturated rings. The first-order valence-electron chi connectivity index (χ1n) is 5.22. The van der Waals surface area contributed by atoms with E-state index >= 15 is 0 Å². The van der Waals surface area contributed by atoms with Crippen molar-refractivity contribution >= 4 is 5.97 Å². The summed E-state index contributed by atoms with van der Waals surface area (Å²) in [5, 5.41) is 0. The van der Waals surface area contributed by atoms with Crippen LogP contribution in [0.25, 0.3) is 0 Å². The van der Waals surface area contributed by atoms with Crippen molar-refractivity contribution in [2.24, 2.45) is 5.92 Å². The molecular weight excluding hydrogens is 176 g/mol. The molecule has 2 heteroatoms. The molecule has 1 rings (SSSR count). The second kappa shape index (κ2) is 5.63. The van der Waals surface area contributed by atoms with E-state index in [-0.39, 0.29) is 5.97 Å². The first kappa shape index (κ1) is 11.0. The van der Waals surface area contributed by atoms with E-state index in [4.69, 9.17) is 4.74 Å². The van der Waals surface area contributed by atoms with Gasteiger partial charge in [-0.25, -0.2) is 4.79 Å². The van der Waals surface area contributed by atoms with Gasteiger partial charge in [0.25, 0.3) is 0 Å². The molecule has 0 aromatic rings. The van der Waals surface area contributed by atoms with Crippen molar-refractivity contribution in [3.63, 3.8) is 0 Å². The third kappa shape index (κ3) is 3.36. The molecule has 1 saturated carbocycles. The molecule has 2 nitrogen and oxygen atoms in total. The highest BCUT2D eigenvalue weighted by Gasteiger charge is 2.15. The van der Waals surface area contributed by atoms with E-state index in [0.717, 1.165) is 0 Å². The van der Waals surface area contributed by atoms with Gasteiger partial charge < -0.3 is 4.74 Å². The summed E-state index contributed by atoms with van der Waals surface area (Å²) < 4.78 is 5.12. The lowest BCUT2D eigenvalue weighted by molar-refractivity contribution is -0.140. The molecule has 0 aromatic carbocycles. The van der Waals surface area contributed by atoms with Crippen LogP contribution in [0.3, 0.4) is 0 Å². The lowest BCUT2D eigenvalue weighted by atomic mass is 9.90. The van der Waals surface area contributed by atoms with E-state index in [0.29, 0.717) is 18.1 Å². The third-order valence-corrected chi connectivity index (χ3v) is 2.68. The lowest BCUT2D eigenvalue weighted by Gasteiger charge is -2.20. The molecule has 0 aromatic heterocycles. The summed E-state index contributed by atoms with van der Waals surface area (Å²) in [6.07, 6.45) is 7.67. The molecule has 0 bridgehead atoms. The van der Waals surface area contributed by atoms with Crippen LogP contribution in [0.1, 0.15) is 32.1 Å². The average molecular weight is 194 g/mol. The molecule has 0 atom stereocenters. The van der Waals surface area contributed by atoms with Gasteiger partial charge in [0.2, 0.25) is 0 Å². The zero-order chi connectivity index (χ0) is 10.4. The molecule has 0 unspecified atom stereocenters. The zero-order valence-electron chi connectivity index (χ0n) is 8.63. The normalized spacial score (nSPS) is 17.4. The Kier molecular flexibility index (Phi) is 4.44. The summed E-state index contributed by atoms with van der Waals surface area (Å²) in [7, 11) is 0. The Morgan fingerprint density at radius 3 is 2.57 bits per heavy atom. The minimum Gasteiger partial charge on any atom is -0.462 e. The predicted molar refractivity (Wildman–Crippen MR) is 56.9 cm³/mol. The van der Waals surface area contributed by atoms with Gasteiger partial charge in [-0.2, -0.15) is 0 Å². The lowest BCUT2D eigenvalue weighted by Crippen LogP contribution is -2.17. The van der Waals surface area contributed by atoms with E-state index < -0.39 is 0 Å². The van der Waals surface area contributed by atoms with E-state index in [2.05, 4.69) is 13.2 Å². The molecule has 1 aliphatic rings. The fraction of sp³-hybridized carbons (Fsp3) is 0.583. The van der Waals surface area contributed by atoms with Crippen LogP contribution >= 0.6 is 0 Å². The number of ether oxygens (including phenoxy) is 1. The molecule has 0 amide bonds. The van der Waals surface area contributed by atoms with Crippen molar-refractivity contribution in [2.45, 2.75) is 32.1 Å². The summed E-state index contributed by atoms with van der Waals surface area (Å²) >= 11 is 0. The molecule has 14 heavy (non-hydrogen) atoms. The Balaban J connectivity index is 2.21. The minimum atomic E-state index is -0.328. The molecule has 0 radical (unpaired) electrons. The molecule has 0 aliphatic heterocycles. The highest BCUT2D eigenvalue weighted by molar-refractivity contribution is 5.90. The van der Waals surface area contributed by atoms with Gasteiger partial charge in [-0.1, -0.05) is 38.5 Å². The molecular formula is C12H18O2. The summed E-state index contributed by atoms with van der Waals surface area (Å²) in [4.78, 5) is 11.2. The van der Waals surface area contributed by atoms with Crippen LogP contribution in [-0.2, 0) is 9.53 Å². The van der Waals surface area contributed by atoms with Gasteiger partial charge in [-0.15, -0.1) is 0 Å². The van der Waals surface area contributed by atoms with Gasteiger partial charge in [0, 0.05) is 0 Å². The van der Waals surface area contributed by atoms with E-state index in [1.54, 1.807) is 0 Å². The van der Waals surface area contributed by atoms with Crippen LogP contribution in [0, 0.1) is 5.92 Å². The maximum atomic E-state index is 11.2. The minimum absolute atomic E-state index is 0.328. The van der Waals surface area contributed by atoms with Crippen molar-refractivity contribution in [1.82, 2.24) is 0 Å². The Morgan fingerprint density at radius 1 is 1.36 bits per heavy atom. The van der Waals surface area contributed by atoms with Crippen LogP contribution < -0.4 is 0 Å². The van der Waals surface area contributed by atoms with Gasteiger partial charge in [0.05, 0.1) is 12.2 Å². The summed E-state index contributed by atoms with van der Waals surface area (Å²) in [6, 6.07) is 0. The molecule has 0 spiro atoms. The average Bonchev–Trinajstić information content (AvgIpc) is 2.26. The maximum absolute atomic E-state index is 11.2. The van der Waals surface area contributed by atoms with Gasteiger partial charge in [0.15, 0.2) is 0 Å². The van der Waals surface area contributed by atoms with Crippen molar-refractivity contribution in [1.29, 1.82) is 0 Å². The van der Waals surface area contributed by atoms with Crippen LogP contribution in [0.2, 0.25) is 0 Å². The first-order chi connectivity index (χ1) is 6.74. The predicted octanol–water partition coefficient (Wildman–Crippen LogP) is 2.85. The monoisotopic (exact) mass is 194 g/mol. The number of carbonyl (C=O) groups is 1.